The fourth-order valence-electron chi connectivity index (χ4n) is 4.86. The molecule has 6 nitrogen and oxygen atoms in total. The van der Waals surface area contributed by atoms with Crippen molar-refractivity contribution >= 4 is 38.9 Å². The number of aromatic nitrogens is 2. The first-order valence-corrected chi connectivity index (χ1v) is 13.4. The minimum absolute atomic E-state index is 0.326. The van der Waals surface area contributed by atoms with Gasteiger partial charge < -0.3 is 10.3 Å². The molecule has 0 amide bonds. The van der Waals surface area contributed by atoms with Gasteiger partial charge in [0.05, 0.1) is 22.6 Å². The molecule has 0 bridgehead atoms. The minimum atomic E-state index is -3.03. The van der Waals surface area contributed by atoms with Crippen molar-refractivity contribution in [2.75, 3.05) is 4.31 Å². The van der Waals surface area contributed by atoms with Gasteiger partial charge >= 0.3 is 0 Å². The third-order valence-corrected chi connectivity index (χ3v) is 7.31. The molecule has 0 aliphatic carbocycles. The maximum atomic E-state index is 13.8. The first kappa shape index (κ1) is 24.4. The second-order valence-electron chi connectivity index (χ2n) is 8.85. The number of allylic oxidation sites excluding steroid dienone is 4. The van der Waals surface area contributed by atoms with Crippen molar-refractivity contribution in [1.29, 1.82) is 0 Å². The molecule has 0 saturated carbocycles. The summed E-state index contributed by atoms with van der Waals surface area (Å²) in [5, 5.41) is 4.19. The van der Waals surface area contributed by atoms with Crippen molar-refractivity contribution < 1.29 is 12.8 Å². The lowest BCUT2D eigenvalue weighted by Gasteiger charge is -2.23. The lowest BCUT2D eigenvalue weighted by Crippen LogP contribution is -2.18. The van der Waals surface area contributed by atoms with E-state index in [4.69, 9.17) is 0 Å². The van der Waals surface area contributed by atoms with Crippen LogP contribution in [0.4, 0.5) is 15.8 Å². The normalized spacial score (nSPS) is 12.8. The monoisotopic (exact) mass is 534 g/mol. The molecule has 2 aromatic heterocycles. The summed E-state index contributed by atoms with van der Waals surface area (Å²) in [5.74, 6) is -0.326. The molecule has 8 heteroatoms. The molecular formula is C31H23FN4O2S. The van der Waals surface area contributed by atoms with Crippen molar-refractivity contribution in [3.63, 3.8) is 0 Å². The molecule has 3 heterocycles. The summed E-state index contributed by atoms with van der Waals surface area (Å²) < 4.78 is 40.6. The van der Waals surface area contributed by atoms with E-state index >= 15 is 0 Å². The van der Waals surface area contributed by atoms with Crippen LogP contribution in [0, 0.1) is 5.82 Å². The van der Waals surface area contributed by atoms with Crippen LogP contribution in [0.5, 0.6) is 0 Å². The van der Waals surface area contributed by atoms with Gasteiger partial charge in [-0.1, -0.05) is 36.4 Å². The number of anilines is 2. The maximum absolute atomic E-state index is 13.8. The van der Waals surface area contributed by atoms with E-state index in [1.165, 1.54) is 16.4 Å². The second kappa shape index (κ2) is 10.4. The molecule has 1 aliphatic heterocycles. The van der Waals surface area contributed by atoms with Crippen molar-refractivity contribution in [2.24, 2.45) is 0 Å². The van der Waals surface area contributed by atoms with Crippen molar-refractivity contribution in [1.82, 2.24) is 15.3 Å². The van der Waals surface area contributed by atoms with Crippen LogP contribution in [0.25, 0.3) is 39.0 Å². The van der Waals surface area contributed by atoms with Gasteiger partial charge in [0.15, 0.2) is 0 Å². The summed E-state index contributed by atoms with van der Waals surface area (Å²) in [7, 11) is -3.03. The number of para-hydroxylation sites is 1. The average molecular weight is 535 g/mol. The van der Waals surface area contributed by atoms with Crippen molar-refractivity contribution in [2.45, 2.75) is 0 Å². The number of fused-ring (bicyclic) bond motifs is 1. The summed E-state index contributed by atoms with van der Waals surface area (Å²) in [4.78, 5) is 7.75. The number of H-pyrrole nitrogens is 1. The summed E-state index contributed by atoms with van der Waals surface area (Å²) in [6, 6.07) is 22.9. The second-order valence-corrected chi connectivity index (χ2v) is 9.73. The smallest absolute Gasteiger partial charge is 0.229 e. The lowest BCUT2D eigenvalue weighted by molar-refractivity contribution is 0.614. The first-order chi connectivity index (χ1) is 19.1. The van der Waals surface area contributed by atoms with Crippen molar-refractivity contribution in [3.05, 3.63) is 133 Å². The molecule has 0 saturated heterocycles. The molecule has 0 spiro atoms. The van der Waals surface area contributed by atoms with Crippen LogP contribution >= 0.6 is 0 Å². The molecule has 0 atom stereocenters. The zero-order chi connectivity index (χ0) is 26.8. The number of halogens is 1. The minimum Gasteiger partial charge on any atom is -0.361 e. The number of nitrogens with zero attached hydrogens (tertiary/aromatic N) is 2. The Labute approximate surface area is 226 Å². The summed E-state index contributed by atoms with van der Waals surface area (Å²) >= 11 is 0. The Morgan fingerprint density at radius 3 is 2.28 bits per heavy atom. The van der Waals surface area contributed by atoms with E-state index in [-0.39, 0.29) is 5.82 Å². The summed E-state index contributed by atoms with van der Waals surface area (Å²) in [6.45, 7) is 0. The van der Waals surface area contributed by atoms with E-state index in [2.05, 4.69) is 15.3 Å². The number of nitrogens with one attached hydrogen (secondary N) is 2. The highest BCUT2D eigenvalue weighted by Gasteiger charge is 2.25. The number of rotatable bonds is 6. The van der Waals surface area contributed by atoms with Crippen LogP contribution in [-0.2, 0) is 10.9 Å². The number of pyridine rings is 1. The lowest BCUT2D eigenvalue weighted by atomic mass is 9.97. The number of benzene rings is 3. The average Bonchev–Trinajstić information content (AvgIpc) is 3.14. The predicted molar refractivity (Wildman–Crippen MR) is 155 cm³/mol. The van der Waals surface area contributed by atoms with Crippen LogP contribution < -0.4 is 9.62 Å². The predicted octanol–water partition coefficient (Wildman–Crippen LogP) is 6.71. The van der Waals surface area contributed by atoms with Gasteiger partial charge in [-0.05, 0) is 77.9 Å². The fraction of sp³-hybridized carbons (Fsp3) is 0. The van der Waals surface area contributed by atoms with Gasteiger partial charge in [-0.15, -0.1) is 0 Å². The zero-order valence-corrected chi connectivity index (χ0v) is 21.5. The van der Waals surface area contributed by atoms with Gasteiger partial charge in [0.25, 0.3) is 0 Å². The Morgan fingerprint density at radius 1 is 0.769 bits per heavy atom. The van der Waals surface area contributed by atoms with Gasteiger partial charge in [-0.2, -0.15) is 0 Å². The Morgan fingerprint density at radius 2 is 1.54 bits per heavy atom. The van der Waals surface area contributed by atoms with Crippen LogP contribution in [0.3, 0.4) is 0 Å². The summed E-state index contributed by atoms with van der Waals surface area (Å²) in [5.41, 5.74) is 6.55. The third-order valence-electron chi connectivity index (χ3n) is 6.54. The van der Waals surface area contributed by atoms with Gasteiger partial charge in [0, 0.05) is 40.8 Å². The Balaban J connectivity index is 1.71. The number of aromatic amines is 1. The summed E-state index contributed by atoms with van der Waals surface area (Å²) in [6.07, 6.45) is 12.8. The van der Waals surface area contributed by atoms with E-state index in [0.29, 0.717) is 22.6 Å². The van der Waals surface area contributed by atoms with Crippen LogP contribution in [0.2, 0.25) is 0 Å². The number of hydrogen-bond donors (Lipinski definition) is 3. The molecule has 0 fully saturated rings. The van der Waals surface area contributed by atoms with E-state index < -0.39 is 10.9 Å². The van der Waals surface area contributed by atoms with Gasteiger partial charge in [-0.3, -0.25) is 4.98 Å². The van der Waals surface area contributed by atoms with E-state index in [1.807, 2.05) is 54.6 Å². The Kier molecular flexibility index (Phi) is 6.52. The SMILES string of the molecule is O=[SH](=O)N(c1ccccc1)c1ccc2c(-c3ccncc3)c(-c3ccc(F)cc3)[nH]c2c1C1=CC=CC=CN1. The van der Waals surface area contributed by atoms with E-state index in [0.717, 1.165) is 33.3 Å². The maximum Gasteiger partial charge on any atom is 0.229 e. The quantitative estimate of drug-likeness (QED) is 0.212. The molecule has 192 valence electrons. The highest BCUT2D eigenvalue weighted by molar-refractivity contribution is 7.74. The zero-order valence-electron chi connectivity index (χ0n) is 20.6. The molecule has 3 aromatic carbocycles. The van der Waals surface area contributed by atoms with E-state index in [1.54, 1.807) is 55.0 Å². The van der Waals surface area contributed by atoms with Gasteiger partial charge in [-0.25, -0.2) is 17.1 Å². The van der Waals surface area contributed by atoms with Crippen molar-refractivity contribution in [3.8, 4) is 22.4 Å². The Hall–Kier alpha value is -4.95. The molecule has 1 aliphatic rings. The standard InChI is InChI=1S/C31H23FN4O2S/c32-23-12-10-22(11-13-23)30-28(21-16-19-33-20-17-21)25-14-15-27(36(39(37)38)24-7-3-1-4-8-24)29(31(25)35-30)26-9-5-2-6-18-34-26/h1-20,34-35,39H. The molecule has 39 heavy (non-hydrogen) atoms. The van der Waals surface area contributed by atoms with Crippen LogP contribution in [0.15, 0.2) is 122 Å². The highest BCUT2D eigenvalue weighted by Crippen LogP contribution is 2.44. The van der Waals surface area contributed by atoms with Crippen LogP contribution in [-0.4, -0.2) is 18.4 Å². The largest absolute Gasteiger partial charge is 0.361 e. The number of hydrogen-bond acceptors (Lipinski definition) is 4. The fourth-order valence-corrected chi connectivity index (χ4v) is 5.52. The van der Waals surface area contributed by atoms with Crippen LogP contribution in [0.1, 0.15) is 5.56 Å². The topological polar surface area (TPSA) is 78.1 Å². The first-order valence-electron chi connectivity index (χ1n) is 12.3. The number of thiol groups is 1. The molecule has 0 radical (unpaired) electrons. The third kappa shape index (κ3) is 4.62. The highest BCUT2D eigenvalue weighted by atomic mass is 32.2. The molecule has 5 aromatic rings. The van der Waals surface area contributed by atoms with Gasteiger partial charge in [0.1, 0.15) is 5.82 Å². The molecule has 2 N–H and O–H groups in total. The van der Waals surface area contributed by atoms with Gasteiger partial charge in [0.2, 0.25) is 10.9 Å². The molecule has 0 unspecified atom stereocenters. The molecular weight excluding hydrogens is 511 g/mol. The Bertz CT molecular complexity index is 1820. The molecule has 6 rings (SSSR count). The van der Waals surface area contributed by atoms with E-state index in [9.17, 15) is 12.8 Å².